The summed E-state index contributed by atoms with van der Waals surface area (Å²) in [5.74, 6) is 2.37. The first-order valence-corrected chi connectivity index (χ1v) is 14.4. The minimum Gasteiger partial charge on any atom is -0.494 e. The molecule has 1 heterocycles. The van der Waals surface area contributed by atoms with E-state index in [1.807, 2.05) is 72.8 Å². The van der Waals surface area contributed by atoms with Crippen LogP contribution in [0.1, 0.15) is 12.0 Å². The molecular weight excluding hydrogens is 605 g/mol. The Morgan fingerprint density at radius 3 is 2.10 bits per heavy atom. The van der Waals surface area contributed by atoms with Gasteiger partial charge in [0.05, 0.1) is 11.5 Å². The zero-order chi connectivity index (χ0) is 28.0. The zero-order valence-electron chi connectivity index (χ0n) is 21.1. The fourth-order valence-corrected chi connectivity index (χ4v) is 5.34. The van der Waals surface area contributed by atoms with Gasteiger partial charge >= 0.3 is 6.36 Å². The van der Waals surface area contributed by atoms with Crippen molar-refractivity contribution in [2.24, 2.45) is 0 Å². The van der Waals surface area contributed by atoms with E-state index in [9.17, 15) is 13.2 Å². The van der Waals surface area contributed by atoms with Crippen molar-refractivity contribution in [1.29, 1.82) is 0 Å². The number of ether oxygens (including phenoxy) is 4. The Balaban J connectivity index is 1.45. The second-order valence-corrected chi connectivity index (χ2v) is 10.6. The smallest absolute Gasteiger partial charge is 0.494 e. The van der Waals surface area contributed by atoms with Gasteiger partial charge in [0.15, 0.2) is 5.75 Å². The molecule has 5 aromatic rings. The van der Waals surface area contributed by atoms with Gasteiger partial charge in [-0.15, -0.1) is 24.5 Å². The van der Waals surface area contributed by atoms with Crippen molar-refractivity contribution in [3.8, 4) is 39.2 Å². The van der Waals surface area contributed by atoms with Crippen molar-refractivity contribution in [1.82, 2.24) is 0 Å². The molecule has 0 amide bonds. The van der Waals surface area contributed by atoms with Crippen LogP contribution in [-0.2, 0) is 6.61 Å². The van der Waals surface area contributed by atoms with E-state index in [-0.39, 0.29) is 5.75 Å². The van der Waals surface area contributed by atoms with E-state index in [2.05, 4.69) is 20.7 Å². The van der Waals surface area contributed by atoms with Gasteiger partial charge in [-0.3, -0.25) is 0 Å². The van der Waals surface area contributed by atoms with Gasteiger partial charge in [0.1, 0.15) is 29.6 Å². The third-order valence-corrected chi connectivity index (χ3v) is 7.55. The Kier molecular flexibility index (Phi) is 8.81. The largest absolute Gasteiger partial charge is 0.573 e. The average Bonchev–Trinajstić information content (AvgIpc) is 3.30. The van der Waals surface area contributed by atoms with Gasteiger partial charge in [-0.25, -0.2) is 0 Å². The lowest BCUT2D eigenvalue weighted by atomic mass is 10.1. The number of hydrogen-bond acceptors (Lipinski definition) is 5. The molecule has 0 spiro atoms. The van der Waals surface area contributed by atoms with Crippen LogP contribution in [0.4, 0.5) is 13.2 Å². The number of alkyl halides is 4. The van der Waals surface area contributed by atoms with Gasteiger partial charge in [0.2, 0.25) is 0 Å². The minimum atomic E-state index is -4.76. The summed E-state index contributed by atoms with van der Waals surface area (Å²) in [5, 5.41) is 1.73. The molecule has 206 valence electrons. The molecule has 4 aromatic carbocycles. The summed E-state index contributed by atoms with van der Waals surface area (Å²) in [6, 6.07) is 28.8. The molecular formula is C31H24BrF3O4S. The van der Waals surface area contributed by atoms with E-state index in [0.717, 1.165) is 38.0 Å². The van der Waals surface area contributed by atoms with E-state index < -0.39 is 6.36 Å². The summed E-state index contributed by atoms with van der Waals surface area (Å²) in [6.07, 6.45) is -3.86. The quantitative estimate of drug-likeness (QED) is 0.108. The highest BCUT2D eigenvalue weighted by Crippen LogP contribution is 2.47. The first-order valence-electron chi connectivity index (χ1n) is 12.4. The highest BCUT2D eigenvalue weighted by molar-refractivity contribution is 9.09. The Hall–Kier alpha value is -3.69. The summed E-state index contributed by atoms with van der Waals surface area (Å²) in [6.45, 7) is 1.03. The van der Waals surface area contributed by atoms with Gasteiger partial charge in [-0.2, -0.15) is 0 Å². The molecule has 0 bridgehead atoms. The predicted molar refractivity (Wildman–Crippen MR) is 155 cm³/mol. The number of thiophene rings is 1. The van der Waals surface area contributed by atoms with E-state index in [1.54, 1.807) is 12.1 Å². The third kappa shape index (κ3) is 7.28. The molecule has 0 aliphatic carbocycles. The first-order chi connectivity index (χ1) is 19.4. The highest BCUT2D eigenvalue weighted by atomic mass is 79.9. The number of benzene rings is 4. The second kappa shape index (κ2) is 12.7. The van der Waals surface area contributed by atoms with Crippen LogP contribution >= 0.6 is 27.3 Å². The lowest BCUT2D eigenvalue weighted by Crippen LogP contribution is -2.16. The molecule has 0 fully saturated rings. The summed E-state index contributed by atoms with van der Waals surface area (Å²) in [7, 11) is 0. The van der Waals surface area contributed by atoms with Crippen LogP contribution < -0.4 is 18.9 Å². The Morgan fingerprint density at radius 2 is 1.40 bits per heavy atom. The van der Waals surface area contributed by atoms with Crippen LogP contribution in [0.3, 0.4) is 0 Å². The lowest BCUT2D eigenvalue weighted by Gasteiger charge is -2.11. The van der Waals surface area contributed by atoms with Gasteiger partial charge in [0, 0.05) is 15.4 Å². The van der Waals surface area contributed by atoms with Crippen LogP contribution in [0.2, 0.25) is 0 Å². The number of hydrogen-bond donors (Lipinski definition) is 0. The Bertz CT molecular complexity index is 1540. The van der Waals surface area contributed by atoms with Crippen LogP contribution in [0, 0.1) is 0 Å². The normalized spacial score (nSPS) is 11.4. The molecule has 4 nitrogen and oxygen atoms in total. The van der Waals surface area contributed by atoms with Crippen molar-refractivity contribution in [3.05, 3.63) is 103 Å². The first kappa shape index (κ1) is 27.9. The standard InChI is InChI=1S/C31H24BrF3O4S/c32-17-4-18-36-23-11-13-24(14-12-23)38-29-27-16-15-26(37-20-21-5-2-1-3-6-21)19-28(27)40-30(29)22-7-9-25(10-8-22)39-31(33,34)35/h1-3,5-16,19H,4,17-18,20H2. The van der Waals surface area contributed by atoms with Crippen molar-refractivity contribution in [2.75, 3.05) is 11.9 Å². The maximum Gasteiger partial charge on any atom is 0.573 e. The highest BCUT2D eigenvalue weighted by Gasteiger charge is 2.31. The zero-order valence-corrected chi connectivity index (χ0v) is 23.5. The fraction of sp³-hybridized carbons (Fsp3) is 0.161. The van der Waals surface area contributed by atoms with E-state index in [4.69, 9.17) is 14.2 Å². The van der Waals surface area contributed by atoms with Gasteiger partial charge in [-0.1, -0.05) is 46.3 Å². The SMILES string of the molecule is FC(F)(F)Oc1ccc(-c2sc3cc(OCc4ccccc4)ccc3c2Oc2ccc(OCCCBr)cc2)cc1. The molecule has 0 aliphatic rings. The number of fused-ring (bicyclic) bond motifs is 1. The van der Waals surface area contributed by atoms with Crippen LogP contribution in [-0.4, -0.2) is 18.3 Å². The molecule has 1 aromatic heterocycles. The van der Waals surface area contributed by atoms with Crippen LogP contribution in [0.15, 0.2) is 97.1 Å². The Morgan fingerprint density at radius 1 is 0.725 bits per heavy atom. The summed E-state index contributed by atoms with van der Waals surface area (Å²) < 4.78 is 61.1. The van der Waals surface area contributed by atoms with Crippen LogP contribution in [0.5, 0.6) is 28.7 Å². The van der Waals surface area contributed by atoms with Crippen molar-refractivity contribution < 1.29 is 32.1 Å². The Labute approximate surface area is 242 Å². The molecule has 5 rings (SSSR count). The van der Waals surface area contributed by atoms with Gasteiger partial charge in [0.25, 0.3) is 0 Å². The molecule has 0 aliphatic heterocycles. The van der Waals surface area contributed by atoms with E-state index >= 15 is 0 Å². The van der Waals surface area contributed by atoms with Crippen molar-refractivity contribution in [2.45, 2.75) is 19.4 Å². The minimum absolute atomic E-state index is 0.285. The molecule has 0 atom stereocenters. The maximum atomic E-state index is 12.7. The fourth-order valence-electron chi connectivity index (χ4n) is 3.95. The molecule has 9 heteroatoms. The van der Waals surface area contributed by atoms with E-state index in [0.29, 0.717) is 36.0 Å². The van der Waals surface area contributed by atoms with E-state index in [1.165, 1.54) is 23.5 Å². The third-order valence-electron chi connectivity index (χ3n) is 5.80. The topological polar surface area (TPSA) is 36.9 Å². The molecule has 0 unspecified atom stereocenters. The molecule has 0 N–H and O–H groups in total. The lowest BCUT2D eigenvalue weighted by molar-refractivity contribution is -0.274. The summed E-state index contributed by atoms with van der Waals surface area (Å²) in [4.78, 5) is 0.770. The number of halogens is 4. The average molecular weight is 629 g/mol. The molecule has 0 saturated carbocycles. The van der Waals surface area contributed by atoms with Crippen LogP contribution in [0.25, 0.3) is 20.5 Å². The molecule has 0 radical (unpaired) electrons. The van der Waals surface area contributed by atoms with Crippen molar-refractivity contribution >= 4 is 37.4 Å². The number of rotatable bonds is 11. The monoisotopic (exact) mass is 628 g/mol. The van der Waals surface area contributed by atoms with Gasteiger partial charge in [-0.05, 0) is 84.3 Å². The maximum absolute atomic E-state index is 12.7. The second-order valence-electron chi connectivity index (χ2n) is 8.73. The molecule has 0 saturated heterocycles. The van der Waals surface area contributed by atoms with Crippen molar-refractivity contribution in [3.63, 3.8) is 0 Å². The predicted octanol–water partition coefficient (Wildman–Crippen LogP) is 10.0. The molecule has 40 heavy (non-hydrogen) atoms. The summed E-state index contributed by atoms with van der Waals surface area (Å²) >= 11 is 4.86. The van der Waals surface area contributed by atoms with Gasteiger partial charge < -0.3 is 18.9 Å². The summed E-state index contributed by atoms with van der Waals surface area (Å²) in [5.41, 5.74) is 1.76.